The number of rotatable bonds is 7. The number of thiophene rings is 1. The highest BCUT2D eigenvalue weighted by Gasteiger charge is 2.24. The summed E-state index contributed by atoms with van der Waals surface area (Å²) in [6.45, 7) is 2.62. The van der Waals surface area contributed by atoms with Crippen molar-refractivity contribution in [1.29, 1.82) is 0 Å². The van der Waals surface area contributed by atoms with E-state index in [1.165, 1.54) is 18.4 Å². The van der Waals surface area contributed by atoms with E-state index in [1.54, 1.807) is 7.11 Å². The van der Waals surface area contributed by atoms with Crippen molar-refractivity contribution in [3.63, 3.8) is 0 Å². The number of methoxy groups -OCH3 is 2. The van der Waals surface area contributed by atoms with E-state index in [0.717, 1.165) is 33.7 Å². The Kier molecular flexibility index (Phi) is 7.43. The van der Waals surface area contributed by atoms with Crippen LogP contribution in [0.5, 0.6) is 5.75 Å². The van der Waals surface area contributed by atoms with E-state index in [1.807, 2.05) is 61.5 Å². The minimum atomic E-state index is -0.391. The van der Waals surface area contributed by atoms with E-state index < -0.39 is 5.97 Å². The highest BCUT2D eigenvalue weighted by atomic mass is 32.1. The van der Waals surface area contributed by atoms with Crippen molar-refractivity contribution in [3.8, 4) is 16.9 Å². The van der Waals surface area contributed by atoms with Gasteiger partial charge in [0.2, 0.25) is 0 Å². The summed E-state index contributed by atoms with van der Waals surface area (Å²) in [7, 11) is 3.05. The molecule has 0 saturated carbocycles. The molecule has 2 aromatic carbocycles. The zero-order valence-electron chi connectivity index (χ0n) is 17.2. The molecule has 1 heterocycles. The summed E-state index contributed by atoms with van der Waals surface area (Å²) >= 11 is 6.95. The molecule has 30 heavy (non-hydrogen) atoms. The normalized spacial score (nSPS) is 10.4. The van der Waals surface area contributed by atoms with Gasteiger partial charge in [-0.25, -0.2) is 4.79 Å². The molecule has 0 unspecified atom stereocenters. The highest BCUT2D eigenvalue weighted by Crippen LogP contribution is 2.40. The largest absolute Gasteiger partial charge is 0.496 e. The minimum absolute atomic E-state index is 0.391. The van der Waals surface area contributed by atoms with Crippen molar-refractivity contribution in [1.82, 2.24) is 5.32 Å². The molecule has 3 rings (SSSR count). The molecule has 0 aliphatic heterocycles. The molecule has 0 saturated heterocycles. The van der Waals surface area contributed by atoms with Gasteiger partial charge in [-0.3, -0.25) is 0 Å². The van der Waals surface area contributed by atoms with Crippen LogP contribution < -0.4 is 15.4 Å². The van der Waals surface area contributed by atoms with Crippen LogP contribution in [0.25, 0.3) is 11.1 Å². The second-order valence-corrected chi connectivity index (χ2v) is 8.17. The van der Waals surface area contributed by atoms with Crippen LogP contribution in [-0.2, 0) is 11.2 Å². The maximum Gasteiger partial charge on any atom is 0.341 e. The van der Waals surface area contributed by atoms with Gasteiger partial charge in [0.1, 0.15) is 16.3 Å². The molecule has 0 atom stereocenters. The van der Waals surface area contributed by atoms with Crippen LogP contribution in [-0.4, -0.2) is 31.8 Å². The third-order valence-corrected chi connectivity index (χ3v) is 5.90. The quantitative estimate of drug-likeness (QED) is 0.396. The molecule has 0 spiro atoms. The van der Waals surface area contributed by atoms with E-state index in [-0.39, 0.29) is 0 Å². The van der Waals surface area contributed by atoms with Gasteiger partial charge in [-0.1, -0.05) is 48.5 Å². The molecule has 7 heteroatoms. The van der Waals surface area contributed by atoms with Crippen LogP contribution in [0.4, 0.5) is 5.00 Å². The van der Waals surface area contributed by atoms with Crippen molar-refractivity contribution < 1.29 is 14.3 Å². The Labute approximate surface area is 186 Å². The van der Waals surface area contributed by atoms with Gasteiger partial charge >= 0.3 is 5.97 Å². The Morgan fingerprint density at radius 2 is 1.77 bits per heavy atom. The first kappa shape index (κ1) is 21.8. The number of nitrogens with one attached hydrogen (secondary N) is 2. The van der Waals surface area contributed by atoms with E-state index in [4.69, 9.17) is 21.7 Å². The summed E-state index contributed by atoms with van der Waals surface area (Å²) in [5.41, 5.74) is 3.44. The van der Waals surface area contributed by atoms with Gasteiger partial charge in [-0.05, 0) is 42.8 Å². The molecule has 0 aliphatic rings. The number of carbonyl (C=O) groups is 1. The average molecular weight is 441 g/mol. The standard InChI is InChI=1S/C23H24N2O3S2/c1-15-19(17-10-5-4-6-11-17)20(22(26)28-3)21(30-15)25-23(29)24-14-13-16-9-7-8-12-18(16)27-2/h4-12H,13-14H2,1-3H3,(H2,24,25,29). The fraction of sp³-hybridized carbons (Fsp3) is 0.217. The summed E-state index contributed by atoms with van der Waals surface area (Å²) in [6.07, 6.45) is 0.758. The highest BCUT2D eigenvalue weighted by molar-refractivity contribution is 7.80. The van der Waals surface area contributed by atoms with E-state index in [2.05, 4.69) is 10.6 Å². The van der Waals surface area contributed by atoms with E-state index in [0.29, 0.717) is 22.2 Å². The lowest BCUT2D eigenvalue weighted by atomic mass is 10.0. The second kappa shape index (κ2) is 10.2. The molecule has 0 aliphatic carbocycles. The first-order valence-electron chi connectivity index (χ1n) is 9.49. The summed E-state index contributed by atoms with van der Waals surface area (Å²) < 4.78 is 10.4. The van der Waals surface area contributed by atoms with Crippen LogP contribution in [0.15, 0.2) is 54.6 Å². The fourth-order valence-corrected chi connectivity index (χ4v) is 4.59. The van der Waals surface area contributed by atoms with Crippen molar-refractivity contribution >= 4 is 39.6 Å². The molecule has 5 nitrogen and oxygen atoms in total. The fourth-order valence-electron chi connectivity index (χ4n) is 3.25. The Balaban J connectivity index is 1.74. The number of carbonyl (C=O) groups excluding carboxylic acids is 1. The predicted octanol–water partition coefficient (Wildman–Crippen LogP) is 5.05. The van der Waals surface area contributed by atoms with E-state index in [9.17, 15) is 4.79 Å². The number of esters is 1. The topological polar surface area (TPSA) is 59.6 Å². The molecule has 0 fully saturated rings. The molecular weight excluding hydrogens is 416 g/mol. The van der Waals surface area contributed by atoms with E-state index >= 15 is 0 Å². The number of para-hydroxylation sites is 1. The van der Waals surface area contributed by atoms with Gasteiger partial charge in [0, 0.05) is 17.0 Å². The Bertz CT molecular complexity index is 1030. The molecular formula is C23H24N2O3S2. The number of thiocarbonyl (C=S) groups is 1. The van der Waals surface area contributed by atoms with Crippen molar-refractivity contribution in [2.24, 2.45) is 0 Å². The lowest BCUT2D eigenvalue weighted by Gasteiger charge is -2.12. The van der Waals surface area contributed by atoms with Crippen LogP contribution in [0.3, 0.4) is 0 Å². The first-order chi connectivity index (χ1) is 14.5. The van der Waals surface area contributed by atoms with Gasteiger partial charge in [-0.2, -0.15) is 0 Å². The number of aryl methyl sites for hydroxylation is 1. The van der Waals surface area contributed by atoms with Gasteiger partial charge in [-0.15, -0.1) is 11.3 Å². The number of anilines is 1. The van der Waals surface area contributed by atoms with Gasteiger partial charge in [0.25, 0.3) is 0 Å². The van der Waals surface area contributed by atoms with Gasteiger partial charge in [0.05, 0.1) is 14.2 Å². The maximum absolute atomic E-state index is 12.6. The summed E-state index contributed by atoms with van der Waals surface area (Å²) in [4.78, 5) is 13.6. The van der Waals surface area contributed by atoms with Gasteiger partial charge in [0.15, 0.2) is 5.11 Å². The molecule has 2 N–H and O–H groups in total. The van der Waals surface area contributed by atoms with Gasteiger partial charge < -0.3 is 20.1 Å². The monoisotopic (exact) mass is 440 g/mol. The third kappa shape index (κ3) is 4.98. The van der Waals surface area contributed by atoms with Crippen molar-refractivity contribution in [2.45, 2.75) is 13.3 Å². The van der Waals surface area contributed by atoms with Crippen LogP contribution >= 0.6 is 23.6 Å². The Hall–Kier alpha value is -2.90. The number of ether oxygens (including phenoxy) is 2. The minimum Gasteiger partial charge on any atom is -0.496 e. The molecule has 0 amide bonds. The van der Waals surface area contributed by atoms with Crippen molar-refractivity contribution in [2.75, 3.05) is 26.1 Å². The SMILES string of the molecule is COC(=O)c1c(NC(=S)NCCc2ccccc2OC)sc(C)c1-c1ccccc1. The smallest absolute Gasteiger partial charge is 0.341 e. The molecule has 3 aromatic rings. The van der Waals surface area contributed by atoms with Crippen molar-refractivity contribution in [3.05, 3.63) is 70.6 Å². The number of hydrogen-bond donors (Lipinski definition) is 2. The Morgan fingerprint density at radius 3 is 2.47 bits per heavy atom. The summed E-state index contributed by atoms with van der Waals surface area (Å²) in [5, 5.41) is 7.51. The van der Waals surface area contributed by atoms with Crippen LogP contribution in [0, 0.1) is 6.92 Å². The first-order valence-corrected chi connectivity index (χ1v) is 10.7. The number of hydrogen-bond acceptors (Lipinski definition) is 5. The second-order valence-electron chi connectivity index (χ2n) is 6.54. The zero-order valence-corrected chi connectivity index (χ0v) is 18.8. The van der Waals surface area contributed by atoms with Crippen LogP contribution in [0.1, 0.15) is 20.8 Å². The summed E-state index contributed by atoms with van der Waals surface area (Å²) in [6, 6.07) is 17.7. The number of benzene rings is 2. The lowest BCUT2D eigenvalue weighted by molar-refractivity contribution is 0.0603. The average Bonchev–Trinajstić information content (AvgIpc) is 3.09. The van der Waals surface area contributed by atoms with Crippen LogP contribution in [0.2, 0.25) is 0 Å². The third-order valence-electron chi connectivity index (χ3n) is 4.64. The molecule has 1 aromatic heterocycles. The summed E-state index contributed by atoms with van der Waals surface area (Å²) in [5.74, 6) is 0.463. The maximum atomic E-state index is 12.6. The molecule has 156 valence electrons. The molecule has 0 radical (unpaired) electrons. The molecule has 0 bridgehead atoms. The zero-order chi connectivity index (χ0) is 21.5. The lowest BCUT2D eigenvalue weighted by Crippen LogP contribution is -2.30. The predicted molar refractivity (Wildman–Crippen MR) is 127 cm³/mol. The Morgan fingerprint density at radius 1 is 1.07 bits per heavy atom.